The molecule has 9 nitrogen and oxygen atoms in total. The zero-order valence-electron chi connectivity index (χ0n) is 17.1. The highest BCUT2D eigenvalue weighted by molar-refractivity contribution is 6.23. The van der Waals surface area contributed by atoms with Crippen LogP contribution >= 0.6 is 0 Å². The predicted octanol–water partition coefficient (Wildman–Crippen LogP) is 1.15. The number of amides is 1. The van der Waals surface area contributed by atoms with Gasteiger partial charge in [0, 0.05) is 37.7 Å². The third kappa shape index (κ3) is 5.48. The van der Waals surface area contributed by atoms with Crippen molar-refractivity contribution >= 4 is 28.8 Å². The van der Waals surface area contributed by atoms with E-state index in [0.717, 1.165) is 18.8 Å². The van der Waals surface area contributed by atoms with Crippen molar-refractivity contribution in [1.82, 2.24) is 10.3 Å². The number of hydrogen-bond acceptors (Lipinski definition) is 7. The van der Waals surface area contributed by atoms with Crippen LogP contribution in [0.2, 0.25) is 0 Å². The minimum absolute atomic E-state index is 0.0281. The number of pyridine rings is 1. The number of carbonyl (C=O) groups is 1. The number of amidine groups is 1. The Morgan fingerprint density at radius 2 is 1.94 bits per heavy atom. The Morgan fingerprint density at radius 1 is 1.26 bits per heavy atom. The van der Waals surface area contributed by atoms with Crippen molar-refractivity contribution in [3.8, 4) is 0 Å². The largest absolute Gasteiger partial charge is 0.397 e. The van der Waals surface area contributed by atoms with Gasteiger partial charge in [0.15, 0.2) is 0 Å². The second kappa shape index (κ2) is 9.43. The van der Waals surface area contributed by atoms with Crippen LogP contribution in [0.1, 0.15) is 12.8 Å². The second-order valence-corrected chi connectivity index (χ2v) is 7.52. The molecule has 2 aromatic rings. The molecule has 1 saturated heterocycles. The molecule has 1 aromatic carbocycles. The first-order valence-electron chi connectivity index (χ1n) is 9.87. The number of piperidine rings is 1. The summed E-state index contributed by atoms with van der Waals surface area (Å²) in [7, 11) is 0. The standard InChI is InChI=1S/C21H27FN8O/c22-14-1-3-16(4-2-14)29-19(25)18(20(26)31)12-28-21(13-23)5-7-30(8-6-21)17-9-15(24)10-27-11-17/h1-4,9-12,28H,5-8,13,23-24H2,(H2,25,29)(H2,26,31)/b18-12+. The number of hydrogen-bond donors (Lipinski definition) is 6. The summed E-state index contributed by atoms with van der Waals surface area (Å²) in [6.07, 6.45) is 6.22. The zero-order valence-corrected chi connectivity index (χ0v) is 17.1. The van der Waals surface area contributed by atoms with Crippen LogP contribution in [0.5, 0.6) is 0 Å². The highest BCUT2D eigenvalue weighted by Crippen LogP contribution is 2.26. The van der Waals surface area contributed by atoms with Gasteiger partial charge in [-0.25, -0.2) is 4.39 Å². The van der Waals surface area contributed by atoms with Gasteiger partial charge in [0.25, 0.3) is 5.91 Å². The summed E-state index contributed by atoms with van der Waals surface area (Å²) in [6, 6.07) is 7.34. The maximum Gasteiger partial charge on any atom is 0.253 e. The van der Waals surface area contributed by atoms with Crippen molar-refractivity contribution < 1.29 is 9.18 Å². The molecule has 1 fully saturated rings. The fourth-order valence-corrected chi connectivity index (χ4v) is 3.45. The molecule has 3 rings (SSSR count). The van der Waals surface area contributed by atoms with Gasteiger partial charge in [0.05, 0.1) is 28.7 Å². The number of carbonyl (C=O) groups excluding carboxylic acids is 1. The lowest BCUT2D eigenvalue weighted by Crippen LogP contribution is -2.56. The normalized spacial score (nSPS) is 15.9. The van der Waals surface area contributed by atoms with E-state index in [-0.39, 0.29) is 11.4 Å². The van der Waals surface area contributed by atoms with E-state index in [2.05, 4.69) is 20.5 Å². The van der Waals surface area contributed by atoms with Gasteiger partial charge in [-0.15, -0.1) is 0 Å². The highest BCUT2D eigenvalue weighted by atomic mass is 19.1. The summed E-state index contributed by atoms with van der Waals surface area (Å²) in [5.41, 5.74) is 18.9. The molecule has 10 heteroatoms. The van der Waals surface area contributed by atoms with Crippen molar-refractivity contribution in [2.75, 3.05) is 35.6 Å². The molecule has 0 spiro atoms. The molecule has 164 valence electrons. The third-order valence-electron chi connectivity index (χ3n) is 5.39. The number of halogens is 1. The van der Waals surface area contributed by atoms with Gasteiger partial charge in [-0.1, -0.05) is 0 Å². The molecular formula is C21H27FN8O. The third-order valence-corrected chi connectivity index (χ3v) is 5.39. The molecule has 1 aliphatic rings. The molecule has 1 amide bonds. The molecule has 0 radical (unpaired) electrons. The van der Waals surface area contributed by atoms with Crippen molar-refractivity contribution in [3.63, 3.8) is 0 Å². The van der Waals surface area contributed by atoms with Crippen LogP contribution < -0.4 is 32.7 Å². The van der Waals surface area contributed by atoms with E-state index in [4.69, 9.17) is 22.6 Å². The summed E-state index contributed by atoms with van der Waals surface area (Å²) < 4.78 is 13.1. The maximum absolute atomic E-state index is 13.1. The minimum atomic E-state index is -0.762. The Kier molecular flexibility index (Phi) is 6.71. The molecule has 9 N–H and O–H groups in total. The van der Waals surface area contributed by atoms with Crippen molar-refractivity contribution in [2.24, 2.45) is 11.5 Å². The summed E-state index contributed by atoms with van der Waals surface area (Å²) >= 11 is 0. The first kappa shape index (κ1) is 22.0. The summed E-state index contributed by atoms with van der Waals surface area (Å²) in [5, 5.41) is 14.2. The first-order chi connectivity index (χ1) is 14.8. The summed E-state index contributed by atoms with van der Waals surface area (Å²) in [6.45, 7) is 1.79. The monoisotopic (exact) mass is 426 g/mol. The van der Waals surface area contributed by atoms with E-state index in [9.17, 15) is 9.18 Å². The van der Waals surface area contributed by atoms with Crippen LogP contribution in [0.25, 0.3) is 0 Å². The van der Waals surface area contributed by atoms with E-state index < -0.39 is 17.3 Å². The lowest BCUT2D eigenvalue weighted by molar-refractivity contribution is -0.114. The van der Waals surface area contributed by atoms with Crippen molar-refractivity contribution in [2.45, 2.75) is 18.4 Å². The van der Waals surface area contributed by atoms with E-state index in [0.29, 0.717) is 30.8 Å². The van der Waals surface area contributed by atoms with Gasteiger partial charge in [0.2, 0.25) is 0 Å². The van der Waals surface area contributed by atoms with E-state index >= 15 is 0 Å². The number of benzene rings is 1. The number of nitrogen functional groups attached to an aromatic ring is 1. The fraction of sp³-hybridized carbons (Fsp3) is 0.286. The smallest absolute Gasteiger partial charge is 0.253 e. The van der Waals surface area contributed by atoms with E-state index in [1.807, 2.05) is 6.07 Å². The molecule has 0 unspecified atom stereocenters. The summed E-state index contributed by atoms with van der Waals surface area (Å²) in [4.78, 5) is 18.2. The zero-order chi connectivity index (χ0) is 22.4. The SMILES string of the molecule is N=C(Nc1ccc(F)cc1)/C(=C\NC1(CN)CCN(c2cncc(N)c2)CC1)C(N)=O. The van der Waals surface area contributed by atoms with Gasteiger partial charge in [-0.05, 0) is 43.2 Å². The maximum atomic E-state index is 13.1. The number of nitrogens with zero attached hydrogens (tertiary/aromatic N) is 2. The molecule has 2 heterocycles. The predicted molar refractivity (Wildman–Crippen MR) is 120 cm³/mol. The number of primary amides is 1. The lowest BCUT2D eigenvalue weighted by Gasteiger charge is -2.42. The number of nitrogens with two attached hydrogens (primary N) is 3. The number of anilines is 3. The van der Waals surface area contributed by atoms with Crippen LogP contribution in [0.3, 0.4) is 0 Å². The van der Waals surface area contributed by atoms with Crippen LogP contribution in [0, 0.1) is 11.2 Å². The quantitative estimate of drug-likeness (QED) is 0.220. The molecule has 31 heavy (non-hydrogen) atoms. The Balaban J connectivity index is 1.68. The van der Waals surface area contributed by atoms with Gasteiger partial charge in [-0.2, -0.15) is 0 Å². The number of rotatable bonds is 7. The minimum Gasteiger partial charge on any atom is -0.397 e. The molecule has 0 saturated carbocycles. The van der Waals surface area contributed by atoms with Gasteiger partial charge in [-0.3, -0.25) is 15.2 Å². The number of aromatic nitrogens is 1. The Morgan fingerprint density at radius 3 is 2.52 bits per heavy atom. The molecule has 1 aromatic heterocycles. The fourth-order valence-electron chi connectivity index (χ4n) is 3.45. The second-order valence-electron chi connectivity index (χ2n) is 7.52. The lowest BCUT2D eigenvalue weighted by atomic mass is 9.87. The van der Waals surface area contributed by atoms with Crippen LogP contribution in [-0.2, 0) is 4.79 Å². The highest BCUT2D eigenvalue weighted by Gasteiger charge is 2.33. The summed E-state index contributed by atoms with van der Waals surface area (Å²) in [5.74, 6) is -1.35. The molecule has 1 aliphatic heterocycles. The van der Waals surface area contributed by atoms with Gasteiger partial charge < -0.3 is 32.7 Å². The number of nitrogens with one attached hydrogen (secondary N) is 3. The van der Waals surface area contributed by atoms with Gasteiger partial charge >= 0.3 is 0 Å². The average molecular weight is 427 g/mol. The van der Waals surface area contributed by atoms with Crippen LogP contribution in [0.4, 0.5) is 21.5 Å². The average Bonchev–Trinajstić information content (AvgIpc) is 2.75. The molecular weight excluding hydrogens is 399 g/mol. The Labute approximate surface area is 180 Å². The van der Waals surface area contributed by atoms with Gasteiger partial charge in [0.1, 0.15) is 11.7 Å². The Hall–Kier alpha value is -3.66. The molecule has 0 atom stereocenters. The molecule has 0 bridgehead atoms. The topological polar surface area (TPSA) is 159 Å². The van der Waals surface area contributed by atoms with Crippen LogP contribution in [-0.4, -0.2) is 41.9 Å². The Bertz CT molecular complexity index is 968. The molecule has 0 aliphatic carbocycles. The van der Waals surface area contributed by atoms with E-state index in [1.165, 1.54) is 30.5 Å². The van der Waals surface area contributed by atoms with Crippen molar-refractivity contribution in [1.29, 1.82) is 5.41 Å². The first-order valence-corrected chi connectivity index (χ1v) is 9.87. The van der Waals surface area contributed by atoms with E-state index in [1.54, 1.807) is 12.4 Å². The van der Waals surface area contributed by atoms with Crippen molar-refractivity contribution in [3.05, 3.63) is 60.3 Å². The van der Waals surface area contributed by atoms with Crippen LogP contribution in [0.15, 0.2) is 54.5 Å².